The molecule has 126 valence electrons. The second-order valence-corrected chi connectivity index (χ2v) is 6.61. The smallest absolute Gasteiger partial charge is 0.325 e. The largest absolute Gasteiger partial charge is 0.332 e. The number of carbonyl (C=O) groups is 2. The summed E-state index contributed by atoms with van der Waals surface area (Å²) in [5, 5.41) is 3.20. The van der Waals surface area contributed by atoms with Crippen molar-refractivity contribution in [2.45, 2.75) is 24.9 Å². The molecule has 1 N–H and O–H groups in total. The number of urea groups is 1. The number of carbonyl (C=O) groups excluding carboxylic acids is 2. The highest BCUT2D eigenvalue weighted by atomic mass is 32.2. The average Bonchev–Trinajstić information content (AvgIpc) is 2.96. The van der Waals surface area contributed by atoms with Crippen LogP contribution in [0.2, 0.25) is 0 Å². The fourth-order valence-corrected chi connectivity index (χ4v) is 3.78. The minimum Gasteiger partial charge on any atom is -0.332 e. The molecule has 0 bridgehead atoms. The number of amidine groups is 1. The topological polar surface area (TPSA) is 65.0 Å². The van der Waals surface area contributed by atoms with Gasteiger partial charge in [-0.3, -0.25) is 10.1 Å². The lowest BCUT2D eigenvalue weighted by Crippen LogP contribution is -2.63. The van der Waals surface area contributed by atoms with Crippen LogP contribution in [-0.4, -0.2) is 52.7 Å². The number of imide groups is 1. The molecule has 7 heteroatoms. The minimum absolute atomic E-state index is 0.285. The van der Waals surface area contributed by atoms with E-state index in [9.17, 15) is 9.59 Å². The molecule has 6 nitrogen and oxygen atoms in total. The molecule has 24 heavy (non-hydrogen) atoms. The number of allylic oxidation sites excluding steroid dienone is 1. The van der Waals surface area contributed by atoms with Gasteiger partial charge in [-0.1, -0.05) is 54.2 Å². The number of likely N-dealkylation sites (N-methyl/N-ethyl adjacent to an activating group) is 1. The Morgan fingerprint density at radius 3 is 2.75 bits per heavy atom. The fourth-order valence-electron chi connectivity index (χ4n) is 2.75. The van der Waals surface area contributed by atoms with Crippen molar-refractivity contribution in [2.75, 3.05) is 13.6 Å². The summed E-state index contributed by atoms with van der Waals surface area (Å²) in [6.45, 7) is 2.53. The van der Waals surface area contributed by atoms with Crippen LogP contribution in [0.25, 0.3) is 0 Å². The lowest BCUT2D eigenvalue weighted by molar-refractivity contribution is -0.126. The number of nitrogens with one attached hydrogen (secondary N) is 1. The summed E-state index contributed by atoms with van der Waals surface area (Å²) in [6.07, 6.45) is 3.47. The van der Waals surface area contributed by atoms with E-state index >= 15 is 0 Å². The van der Waals surface area contributed by atoms with Crippen molar-refractivity contribution in [3.05, 3.63) is 48.0 Å². The highest BCUT2D eigenvalue weighted by Gasteiger charge is 2.48. The number of hydrogen-bond donors (Lipinski definition) is 1. The number of fused-ring (bicyclic) bond motifs is 1. The standard InChI is InChI=1S/C17H20N4O2S/c1-3-4-10-21-13-14(20(2)16(23)19-15(13)22)18-17(21)24-11-12-8-6-5-7-9-12/h3-9,13-14H,10-11H2,1-2H3,(H,19,22,23)/b4-3+. The monoisotopic (exact) mass is 344 g/mol. The van der Waals surface area contributed by atoms with E-state index < -0.39 is 18.2 Å². The summed E-state index contributed by atoms with van der Waals surface area (Å²) >= 11 is 1.59. The van der Waals surface area contributed by atoms with Gasteiger partial charge in [0, 0.05) is 19.3 Å². The predicted molar refractivity (Wildman–Crippen MR) is 95.6 cm³/mol. The zero-order chi connectivity index (χ0) is 17.1. The van der Waals surface area contributed by atoms with Crippen LogP contribution < -0.4 is 5.32 Å². The molecule has 2 unspecified atom stereocenters. The second kappa shape index (κ2) is 7.09. The third kappa shape index (κ3) is 3.17. The molecule has 2 aliphatic rings. The van der Waals surface area contributed by atoms with Gasteiger partial charge in [0.15, 0.2) is 17.4 Å². The van der Waals surface area contributed by atoms with Gasteiger partial charge in [-0.2, -0.15) is 0 Å². The van der Waals surface area contributed by atoms with Crippen molar-refractivity contribution in [1.82, 2.24) is 15.1 Å². The predicted octanol–water partition coefficient (Wildman–Crippen LogP) is 2.04. The summed E-state index contributed by atoms with van der Waals surface area (Å²) in [5.74, 6) is 0.483. The zero-order valence-corrected chi connectivity index (χ0v) is 14.5. The first-order valence-corrected chi connectivity index (χ1v) is 8.80. The maximum atomic E-state index is 12.3. The van der Waals surface area contributed by atoms with E-state index in [2.05, 4.69) is 22.4 Å². The van der Waals surface area contributed by atoms with E-state index in [4.69, 9.17) is 0 Å². The van der Waals surface area contributed by atoms with Crippen molar-refractivity contribution >= 4 is 28.9 Å². The Labute approximate surface area is 145 Å². The second-order valence-electron chi connectivity index (χ2n) is 5.67. The number of rotatable bonds is 4. The zero-order valence-electron chi connectivity index (χ0n) is 13.7. The Morgan fingerprint density at radius 2 is 2.04 bits per heavy atom. The molecule has 0 saturated carbocycles. The lowest BCUT2D eigenvalue weighted by Gasteiger charge is -2.35. The van der Waals surface area contributed by atoms with Crippen LogP contribution in [0.5, 0.6) is 0 Å². The van der Waals surface area contributed by atoms with E-state index in [1.54, 1.807) is 18.8 Å². The quantitative estimate of drug-likeness (QED) is 0.849. The number of benzene rings is 1. The fraction of sp³-hybridized carbons (Fsp3) is 0.353. The Bertz CT molecular complexity index is 689. The van der Waals surface area contributed by atoms with Crippen molar-refractivity contribution in [3.63, 3.8) is 0 Å². The molecular formula is C17H20N4O2S. The summed E-state index contributed by atoms with van der Waals surface area (Å²) in [6, 6.07) is 9.25. The molecule has 3 rings (SSSR count). The molecule has 2 atom stereocenters. The van der Waals surface area contributed by atoms with Crippen molar-refractivity contribution in [3.8, 4) is 0 Å². The first-order chi connectivity index (χ1) is 11.6. The Hall–Kier alpha value is -2.28. The Balaban J connectivity index is 1.81. The normalized spacial score (nSPS) is 23.5. The molecule has 1 aromatic rings. The van der Waals surface area contributed by atoms with Gasteiger partial charge in [-0.05, 0) is 12.5 Å². The van der Waals surface area contributed by atoms with Crippen LogP contribution in [0, 0.1) is 0 Å². The van der Waals surface area contributed by atoms with Crippen LogP contribution in [-0.2, 0) is 10.5 Å². The molecule has 0 aliphatic carbocycles. The molecule has 1 fully saturated rings. The van der Waals surface area contributed by atoms with Crippen LogP contribution in [0.3, 0.4) is 0 Å². The molecule has 1 aromatic carbocycles. The number of nitrogens with zero attached hydrogens (tertiary/aromatic N) is 3. The third-order valence-corrected chi connectivity index (χ3v) is 5.15. The highest BCUT2D eigenvalue weighted by Crippen LogP contribution is 2.29. The summed E-state index contributed by atoms with van der Waals surface area (Å²) in [4.78, 5) is 32.3. The Kier molecular flexibility index (Phi) is 4.89. The van der Waals surface area contributed by atoms with Gasteiger partial charge in [0.1, 0.15) is 0 Å². The van der Waals surface area contributed by atoms with Gasteiger partial charge < -0.3 is 9.80 Å². The molecule has 3 amide bonds. The number of thioether (sulfide) groups is 1. The van der Waals surface area contributed by atoms with Crippen molar-refractivity contribution < 1.29 is 9.59 Å². The summed E-state index contributed by atoms with van der Waals surface area (Å²) < 4.78 is 0. The molecule has 0 aromatic heterocycles. The summed E-state index contributed by atoms with van der Waals surface area (Å²) in [7, 11) is 1.67. The highest BCUT2D eigenvalue weighted by molar-refractivity contribution is 8.13. The molecular weight excluding hydrogens is 324 g/mol. The van der Waals surface area contributed by atoms with E-state index in [0.29, 0.717) is 6.54 Å². The van der Waals surface area contributed by atoms with Gasteiger partial charge >= 0.3 is 6.03 Å². The number of amides is 3. The molecule has 0 spiro atoms. The van der Waals surface area contributed by atoms with E-state index in [1.807, 2.05) is 42.2 Å². The first-order valence-electron chi connectivity index (χ1n) is 7.82. The van der Waals surface area contributed by atoms with E-state index in [-0.39, 0.29) is 5.91 Å². The van der Waals surface area contributed by atoms with Crippen LogP contribution in [0.1, 0.15) is 12.5 Å². The summed E-state index contributed by atoms with van der Waals surface area (Å²) in [5.41, 5.74) is 1.19. The number of hydrogen-bond acceptors (Lipinski definition) is 5. The van der Waals surface area contributed by atoms with Crippen molar-refractivity contribution in [1.29, 1.82) is 0 Å². The van der Waals surface area contributed by atoms with Crippen molar-refractivity contribution in [2.24, 2.45) is 4.99 Å². The molecule has 2 heterocycles. The molecule has 1 saturated heterocycles. The van der Waals surface area contributed by atoms with Gasteiger partial charge in [-0.25, -0.2) is 9.79 Å². The van der Waals surface area contributed by atoms with Crippen LogP contribution >= 0.6 is 11.8 Å². The van der Waals surface area contributed by atoms with E-state index in [0.717, 1.165) is 10.9 Å². The first kappa shape index (κ1) is 16.6. The molecule has 0 radical (unpaired) electrons. The maximum absolute atomic E-state index is 12.3. The van der Waals surface area contributed by atoms with Gasteiger partial charge in [0.25, 0.3) is 5.91 Å². The van der Waals surface area contributed by atoms with Crippen LogP contribution in [0.15, 0.2) is 47.5 Å². The van der Waals surface area contributed by atoms with Crippen LogP contribution in [0.4, 0.5) is 4.79 Å². The Morgan fingerprint density at radius 1 is 1.29 bits per heavy atom. The van der Waals surface area contributed by atoms with Gasteiger partial charge in [0.2, 0.25) is 0 Å². The molecule has 2 aliphatic heterocycles. The number of aliphatic imine (C=N–C) groups is 1. The van der Waals surface area contributed by atoms with Gasteiger partial charge in [-0.15, -0.1) is 0 Å². The maximum Gasteiger partial charge on any atom is 0.325 e. The van der Waals surface area contributed by atoms with E-state index in [1.165, 1.54) is 10.5 Å². The SMILES string of the molecule is C/C=C/CN1C(SCc2ccccc2)=NC2C1C(=O)NC(=O)N2C. The average molecular weight is 344 g/mol. The third-order valence-electron chi connectivity index (χ3n) is 4.07. The minimum atomic E-state index is -0.470. The lowest BCUT2D eigenvalue weighted by atomic mass is 10.1. The van der Waals surface area contributed by atoms with Gasteiger partial charge in [0.05, 0.1) is 0 Å².